The quantitative estimate of drug-likeness (QED) is 0.791. The Labute approximate surface area is 113 Å². The molecule has 3 nitrogen and oxygen atoms in total. The van der Waals surface area contributed by atoms with Crippen molar-refractivity contribution in [3.63, 3.8) is 0 Å². The summed E-state index contributed by atoms with van der Waals surface area (Å²) in [5, 5.41) is 0.741. The van der Waals surface area contributed by atoms with Crippen LogP contribution in [0, 0.1) is 0 Å². The van der Waals surface area contributed by atoms with Crippen molar-refractivity contribution in [3.8, 4) is 0 Å². The molecule has 0 aliphatic carbocycles. The number of aromatic nitrogens is 1. The van der Waals surface area contributed by atoms with Crippen LogP contribution >= 0.6 is 34.9 Å². The zero-order chi connectivity index (χ0) is 11.7. The van der Waals surface area contributed by atoms with Gasteiger partial charge in [0.15, 0.2) is 4.34 Å². The van der Waals surface area contributed by atoms with Crippen molar-refractivity contribution in [1.29, 1.82) is 0 Å². The first-order valence-electron chi connectivity index (χ1n) is 5.38. The Bertz CT molecular complexity index is 525. The van der Waals surface area contributed by atoms with Gasteiger partial charge in [-0.05, 0) is 30.1 Å². The molecule has 0 radical (unpaired) electrons. The first-order valence-corrected chi connectivity index (χ1v) is 7.35. The largest absolute Gasteiger partial charge is 0.379 e. The second kappa shape index (κ2) is 5.12. The molecule has 90 valence electrons. The van der Waals surface area contributed by atoms with Crippen LogP contribution in [-0.2, 0) is 4.74 Å². The molecule has 1 aromatic carbocycles. The standard InChI is InChI=1S/C11H11ClN2OS2/c12-8-1-2-10-9(7-8)13-11(16-10)17-14-3-5-15-6-4-14/h1-2,7H,3-6H2. The summed E-state index contributed by atoms with van der Waals surface area (Å²) >= 11 is 9.37. The Morgan fingerprint density at radius 1 is 1.35 bits per heavy atom. The Balaban J connectivity index is 1.80. The fourth-order valence-electron chi connectivity index (χ4n) is 1.67. The lowest BCUT2D eigenvalue weighted by molar-refractivity contribution is 0.0773. The van der Waals surface area contributed by atoms with Crippen molar-refractivity contribution in [2.24, 2.45) is 0 Å². The molecule has 1 aliphatic heterocycles. The Morgan fingerprint density at radius 3 is 3.00 bits per heavy atom. The third-order valence-corrected chi connectivity index (χ3v) is 4.92. The summed E-state index contributed by atoms with van der Waals surface area (Å²) in [6.07, 6.45) is 0. The lowest BCUT2D eigenvalue weighted by atomic mass is 10.3. The van der Waals surface area contributed by atoms with Crippen LogP contribution in [0.3, 0.4) is 0 Å². The van der Waals surface area contributed by atoms with Crippen LogP contribution in [0.5, 0.6) is 0 Å². The van der Waals surface area contributed by atoms with Crippen LogP contribution in [-0.4, -0.2) is 35.6 Å². The van der Waals surface area contributed by atoms with Crippen LogP contribution in [0.25, 0.3) is 10.2 Å². The van der Waals surface area contributed by atoms with Crippen molar-refractivity contribution < 1.29 is 4.74 Å². The summed E-state index contributed by atoms with van der Waals surface area (Å²) in [4.78, 5) is 4.58. The van der Waals surface area contributed by atoms with Gasteiger partial charge in [-0.3, -0.25) is 0 Å². The molecule has 0 spiro atoms. The molecule has 0 amide bonds. The van der Waals surface area contributed by atoms with E-state index in [2.05, 4.69) is 9.29 Å². The van der Waals surface area contributed by atoms with E-state index in [1.165, 1.54) is 4.70 Å². The van der Waals surface area contributed by atoms with E-state index in [-0.39, 0.29) is 0 Å². The molecule has 0 bridgehead atoms. The lowest BCUT2D eigenvalue weighted by Crippen LogP contribution is -2.30. The summed E-state index contributed by atoms with van der Waals surface area (Å²) in [6, 6.07) is 5.85. The van der Waals surface area contributed by atoms with E-state index in [0.717, 1.165) is 41.2 Å². The maximum Gasteiger partial charge on any atom is 0.166 e. The van der Waals surface area contributed by atoms with Crippen LogP contribution in [0.2, 0.25) is 5.02 Å². The molecule has 0 unspecified atom stereocenters. The molecule has 0 atom stereocenters. The molecule has 1 aromatic heterocycles. The number of halogens is 1. The lowest BCUT2D eigenvalue weighted by Gasteiger charge is -2.23. The Kier molecular flexibility index (Phi) is 3.54. The van der Waals surface area contributed by atoms with Crippen LogP contribution in [0.4, 0.5) is 0 Å². The summed E-state index contributed by atoms with van der Waals surface area (Å²) < 4.78 is 9.88. The third-order valence-electron chi connectivity index (χ3n) is 2.51. The number of hydrogen-bond acceptors (Lipinski definition) is 5. The van der Waals surface area contributed by atoms with Crippen LogP contribution in [0.15, 0.2) is 22.5 Å². The fourth-order valence-corrected chi connectivity index (χ4v) is 3.94. The van der Waals surface area contributed by atoms with Crippen molar-refractivity contribution in [1.82, 2.24) is 9.29 Å². The maximum atomic E-state index is 5.95. The summed E-state index contributed by atoms with van der Waals surface area (Å²) in [5.74, 6) is 0. The van der Waals surface area contributed by atoms with Crippen molar-refractivity contribution >= 4 is 45.1 Å². The number of morpholine rings is 1. The molecule has 6 heteroatoms. The molecule has 2 aromatic rings. The van der Waals surface area contributed by atoms with Crippen molar-refractivity contribution in [2.75, 3.05) is 26.3 Å². The maximum absolute atomic E-state index is 5.95. The minimum Gasteiger partial charge on any atom is -0.379 e. The van der Waals surface area contributed by atoms with Gasteiger partial charge in [0.2, 0.25) is 0 Å². The van der Waals surface area contributed by atoms with E-state index in [1.807, 2.05) is 18.2 Å². The average molecular weight is 287 g/mol. The van der Waals surface area contributed by atoms with Crippen molar-refractivity contribution in [3.05, 3.63) is 23.2 Å². The van der Waals surface area contributed by atoms with Crippen molar-refractivity contribution in [2.45, 2.75) is 4.34 Å². The predicted molar refractivity (Wildman–Crippen MR) is 72.9 cm³/mol. The number of ether oxygens (including phenoxy) is 1. The molecule has 17 heavy (non-hydrogen) atoms. The number of fused-ring (bicyclic) bond motifs is 1. The molecule has 0 N–H and O–H groups in total. The van der Waals surface area contributed by atoms with Gasteiger partial charge in [-0.1, -0.05) is 11.6 Å². The first-order chi connectivity index (χ1) is 8.31. The Hall–Kier alpha value is -0.330. The highest BCUT2D eigenvalue weighted by molar-refractivity contribution is 7.98. The molecule has 1 aliphatic rings. The van der Waals surface area contributed by atoms with Gasteiger partial charge in [-0.15, -0.1) is 11.3 Å². The van der Waals surface area contributed by atoms with E-state index < -0.39 is 0 Å². The van der Waals surface area contributed by atoms with Gasteiger partial charge in [0.05, 0.1) is 23.4 Å². The number of rotatable bonds is 2. The van der Waals surface area contributed by atoms with Gasteiger partial charge in [0.25, 0.3) is 0 Å². The normalized spacial score (nSPS) is 17.7. The third kappa shape index (κ3) is 2.74. The monoisotopic (exact) mass is 286 g/mol. The fraction of sp³-hybridized carbons (Fsp3) is 0.364. The second-order valence-electron chi connectivity index (χ2n) is 3.72. The average Bonchev–Trinajstić information content (AvgIpc) is 2.71. The molecule has 1 fully saturated rings. The number of benzene rings is 1. The van der Waals surface area contributed by atoms with Crippen LogP contribution < -0.4 is 0 Å². The van der Waals surface area contributed by atoms with Gasteiger partial charge in [-0.2, -0.15) is 0 Å². The summed E-state index contributed by atoms with van der Waals surface area (Å²) in [5.41, 5.74) is 0.984. The van der Waals surface area contributed by atoms with Gasteiger partial charge in [0.1, 0.15) is 0 Å². The highest BCUT2D eigenvalue weighted by atomic mass is 35.5. The first kappa shape index (κ1) is 11.7. The van der Waals surface area contributed by atoms with E-state index in [1.54, 1.807) is 23.3 Å². The predicted octanol–water partition coefficient (Wildman–Crippen LogP) is 3.29. The van der Waals surface area contributed by atoms with E-state index in [0.29, 0.717) is 0 Å². The highest BCUT2D eigenvalue weighted by Crippen LogP contribution is 2.32. The van der Waals surface area contributed by atoms with E-state index in [4.69, 9.17) is 16.3 Å². The second-order valence-corrected chi connectivity index (χ2v) is 6.54. The Morgan fingerprint density at radius 2 is 2.18 bits per heavy atom. The summed E-state index contributed by atoms with van der Waals surface area (Å²) in [6.45, 7) is 3.54. The van der Waals surface area contributed by atoms with Gasteiger partial charge < -0.3 is 4.74 Å². The molecular weight excluding hydrogens is 276 g/mol. The van der Waals surface area contributed by atoms with E-state index >= 15 is 0 Å². The van der Waals surface area contributed by atoms with Crippen LogP contribution in [0.1, 0.15) is 0 Å². The number of thiazole rings is 1. The molecule has 1 saturated heterocycles. The molecule has 2 heterocycles. The van der Waals surface area contributed by atoms with Gasteiger partial charge in [0, 0.05) is 18.1 Å². The number of nitrogens with zero attached hydrogens (tertiary/aromatic N) is 2. The number of hydrogen-bond donors (Lipinski definition) is 0. The van der Waals surface area contributed by atoms with Gasteiger partial charge in [-0.25, -0.2) is 9.29 Å². The zero-order valence-corrected chi connectivity index (χ0v) is 11.4. The molecule has 0 saturated carbocycles. The minimum atomic E-state index is 0.741. The topological polar surface area (TPSA) is 25.4 Å². The molecular formula is C11H11ClN2OS2. The zero-order valence-electron chi connectivity index (χ0n) is 9.06. The SMILES string of the molecule is Clc1ccc2sc(SN3CCOCC3)nc2c1. The smallest absolute Gasteiger partial charge is 0.166 e. The molecule has 3 rings (SSSR count). The summed E-state index contributed by atoms with van der Waals surface area (Å²) in [7, 11) is 0. The van der Waals surface area contributed by atoms with Gasteiger partial charge >= 0.3 is 0 Å². The highest BCUT2D eigenvalue weighted by Gasteiger charge is 2.14. The minimum absolute atomic E-state index is 0.741. The van der Waals surface area contributed by atoms with E-state index in [9.17, 15) is 0 Å².